The van der Waals surface area contributed by atoms with E-state index in [2.05, 4.69) is 66.2 Å². The van der Waals surface area contributed by atoms with Crippen molar-refractivity contribution in [1.29, 1.82) is 0 Å². The first kappa shape index (κ1) is 16.7. The van der Waals surface area contributed by atoms with Crippen LogP contribution >= 0.6 is 0 Å². The molecule has 134 valence electrons. The predicted molar refractivity (Wildman–Crippen MR) is 108 cm³/mol. The van der Waals surface area contributed by atoms with Crippen LogP contribution in [0.5, 0.6) is 0 Å². The summed E-state index contributed by atoms with van der Waals surface area (Å²) in [5.41, 5.74) is 5.45. The van der Waals surface area contributed by atoms with Crippen molar-refractivity contribution in [2.24, 2.45) is 14.1 Å². The number of aromatic nitrogens is 3. The van der Waals surface area contributed by atoms with Crippen LogP contribution in [-0.4, -0.2) is 39.2 Å². The Hall–Kier alpha value is -2.79. The molecule has 0 saturated heterocycles. The summed E-state index contributed by atoms with van der Waals surface area (Å²) in [5.74, 6) is 0. The largest absolute Gasteiger partial charge is 0.346 e. The fraction of sp³-hybridized carbons (Fsp3) is 0.286. The average molecular weight is 348 g/mol. The van der Waals surface area contributed by atoms with Gasteiger partial charge in [-0.1, -0.05) is 18.2 Å². The Morgan fingerprint density at radius 3 is 2.23 bits per heavy atom. The minimum atomic E-state index is 0.00478. The van der Waals surface area contributed by atoms with Gasteiger partial charge >= 0.3 is 5.69 Å². The van der Waals surface area contributed by atoms with Gasteiger partial charge in [0.1, 0.15) is 0 Å². The van der Waals surface area contributed by atoms with Crippen LogP contribution in [0.4, 0.5) is 0 Å². The molecule has 0 aliphatic carbocycles. The molecule has 2 aromatic heterocycles. The number of nitrogens with zero attached hydrogens (tertiary/aromatic N) is 4. The molecule has 2 aromatic carbocycles. The van der Waals surface area contributed by atoms with Gasteiger partial charge in [-0.05, 0) is 54.9 Å². The van der Waals surface area contributed by atoms with Gasteiger partial charge in [0.25, 0.3) is 0 Å². The Labute approximate surface area is 152 Å². The third kappa shape index (κ3) is 2.65. The highest BCUT2D eigenvalue weighted by Crippen LogP contribution is 2.27. The first-order valence-electron chi connectivity index (χ1n) is 8.85. The van der Waals surface area contributed by atoms with E-state index in [4.69, 9.17) is 0 Å². The molecule has 0 atom stereocenters. The molecule has 0 N–H and O–H groups in total. The molecule has 26 heavy (non-hydrogen) atoms. The summed E-state index contributed by atoms with van der Waals surface area (Å²) in [6.07, 6.45) is 2.15. The van der Waals surface area contributed by atoms with Crippen LogP contribution in [0.3, 0.4) is 0 Å². The molecule has 0 spiro atoms. The van der Waals surface area contributed by atoms with Gasteiger partial charge in [-0.15, -0.1) is 0 Å². The number of hydrogen-bond donors (Lipinski definition) is 0. The summed E-state index contributed by atoms with van der Waals surface area (Å²) in [7, 11) is 7.82. The van der Waals surface area contributed by atoms with Crippen molar-refractivity contribution in [2.45, 2.75) is 6.54 Å². The van der Waals surface area contributed by atoms with Crippen molar-refractivity contribution in [1.82, 2.24) is 18.6 Å². The van der Waals surface area contributed by atoms with E-state index in [1.807, 2.05) is 20.2 Å². The maximum absolute atomic E-state index is 12.2. The second-order valence-corrected chi connectivity index (χ2v) is 7.19. The van der Waals surface area contributed by atoms with Gasteiger partial charge in [0, 0.05) is 38.9 Å². The minimum absolute atomic E-state index is 0.00478. The van der Waals surface area contributed by atoms with E-state index in [0.29, 0.717) is 0 Å². The second kappa shape index (κ2) is 6.18. The van der Waals surface area contributed by atoms with E-state index >= 15 is 0 Å². The van der Waals surface area contributed by atoms with Gasteiger partial charge in [-0.3, -0.25) is 9.13 Å². The highest BCUT2D eigenvalue weighted by Gasteiger charge is 2.10. The molecule has 0 radical (unpaired) electrons. The fourth-order valence-electron chi connectivity index (χ4n) is 3.55. The Morgan fingerprint density at radius 2 is 1.50 bits per heavy atom. The smallest absolute Gasteiger partial charge is 0.328 e. The van der Waals surface area contributed by atoms with Crippen molar-refractivity contribution < 1.29 is 0 Å². The van der Waals surface area contributed by atoms with Crippen LogP contribution < -0.4 is 5.69 Å². The van der Waals surface area contributed by atoms with Crippen LogP contribution in [0.25, 0.3) is 33.1 Å². The number of fused-ring (bicyclic) bond motifs is 2. The zero-order chi connectivity index (χ0) is 18.4. The lowest BCUT2D eigenvalue weighted by Crippen LogP contribution is -2.19. The summed E-state index contributed by atoms with van der Waals surface area (Å²) in [6.45, 7) is 1.97. The van der Waals surface area contributed by atoms with E-state index in [1.54, 1.807) is 9.13 Å². The summed E-state index contributed by atoms with van der Waals surface area (Å²) in [6, 6.07) is 15.0. The van der Waals surface area contributed by atoms with E-state index in [0.717, 1.165) is 29.7 Å². The van der Waals surface area contributed by atoms with Gasteiger partial charge in [0.05, 0.1) is 11.0 Å². The Morgan fingerprint density at radius 1 is 0.846 bits per heavy atom. The lowest BCUT2D eigenvalue weighted by molar-refractivity contribution is 0.387. The van der Waals surface area contributed by atoms with E-state index in [-0.39, 0.29) is 5.69 Å². The molecule has 0 fully saturated rings. The van der Waals surface area contributed by atoms with Gasteiger partial charge in [0.15, 0.2) is 0 Å². The number of likely N-dealkylation sites (N-methyl/N-ethyl adjacent to an activating group) is 1. The van der Waals surface area contributed by atoms with Crippen molar-refractivity contribution in [3.8, 4) is 11.1 Å². The molecular formula is C21H24N4O. The summed E-state index contributed by atoms with van der Waals surface area (Å²) in [5, 5.41) is 1.25. The highest BCUT2D eigenvalue weighted by atomic mass is 16.1. The van der Waals surface area contributed by atoms with E-state index in [9.17, 15) is 4.79 Å². The maximum atomic E-state index is 12.2. The van der Waals surface area contributed by atoms with Gasteiger partial charge in [0.2, 0.25) is 0 Å². The molecule has 0 bridgehead atoms. The third-order valence-electron chi connectivity index (χ3n) is 5.17. The number of aryl methyl sites for hydroxylation is 2. The number of hydrogen-bond acceptors (Lipinski definition) is 2. The summed E-state index contributed by atoms with van der Waals surface area (Å²) >= 11 is 0. The zero-order valence-corrected chi connectivity index (χ0v) is 15.7. The Balaban J connectivity index is 1.81. The van der Waals surface area contributed by atoms with Crippen LogP contribution in [0, 0.1) is 0 Å². The molecule has 0 aliphatic heterocycles. The van der Waals surface area contributed by atoms with Crippen molar-refractivity contribution >= 4 is 21.9 Å². The fourth-order valence-corrected chi connectivity index (χ4v) is 3.55. The van der Waals surface area contributed by atoms with Gasteiger partial charge < -0.3 is 9.47 Å². The molecular weight excluding hydrogens is 324 g/mol. The highest BCUT2D eigenvalue weighted by molar-refractivity contribution is 5.88. The first-order chi connectivity index (χ1) is 12.5. The van der Waals surface area contributed by atoms with E-state index < -0.39 is 0 Å². The van der Waals surface area contributed by atoms with Crippen LogP contribution in [0.1, 0.15) is 0 Å². The van der Waals surface area contributed by atoms with Crippen LogP contribution in [-0.2, 0) is 20.6 Å². The van der Waals surface area contributed by atoms with E-state index in [1.165, 1.54) is 16.5 Å². The zero-order valence-electron chi connectivity index (χ0n) is 15.7. The lowest BCUT2D eigenvalue weighted by Gasteiger charge is -2.12. The SMILES string of the molecule is CN(C)CCn1ccc2ccc(-c3ccc4c(c3)n(C)c(=O)n4C)cc21. The number of benzene rings is 2. The van der Waals surface area contributed by atoms with Gasteiger partial charge in [-0.2, -0.15) is 0 Å². The second-order valence-electron chi connectivity index (χ2n) is 7.19. The van der Waals surface area contributed by atoms with Crippen molar-refractivity contribution in [3.63, 3.8) is 0 Å². The normalized spacial score (nSPS) is 11.9. The molecule has 4 rings (SSSR count). The van der Waals surface area contributed by atoms with Crippen LogP contribution in [0.15, 0.2) is 53.5 Å². The monoisotopic (exact) mass is 348 g/mol. The predicted octanol–water partition coefficient (Wildman–Crippen LogP) is 3.06. The quantitative estimate of drug-likeness (QED) is 0.568. The molecule has 5 nitrogen and oxygen atoms in total. The topological polar surface area (TPSA) is 35.1 Å². The van der Waals surface area contributed by atoms with Crippen molar-refractivity contribution in [3.05, 3.63) is 59.1 Å². The Bertz CT molecular complexity index is 1160. The minimum Gasteiger partial charge on any atom is -0.346 e. The molecule has 4 aromatic rings. The lowest BCUT2D eigenvalue weighted by atomic mass is 10.0. The third-order valence-corrected chi connectivity index (χ3v) is 5.17. The molecule has 2 heterocycles. The van der Waals surface area contributed by atoms with Crippen molar-refractivity contribution in [2.75, 3.05) is 20.6 Å². The standard InChI is InChI=1S/C21H24N4O/c1-22(2)11-12-25-10-9-15-5-6-16(13-19(15)25)17-7-8-18-20(14-17)24(4)21(26)23(18)3/h5-10,13-14H,11-12H2,1-4H3. The van der Waals surface area contributed by atoms with Gasteiger partial charge in [-0.25, -0.2) is 4.79 Å². The van der Waals surface area contributed by atoms with Crippen LogP contribution in [0.2, 0.25) is 0 Å². The molecule has 0 unspecified atom stereocenters. The molecule has 0 saturated carbocycles. The first-order valence-corrected chi connectivity index (χ1v) is 8.85. The average Bonchev–Trinajstić information content (AvgIpc) is 3.14. The number of imidazole rings is 1. The maximum Gasteiger partial charge on any atom is 0.328 e. The Kier molecular flexibility index (Phi) is 3.96. The summed E-state index contributed by atoms with van der Waals surface area (Å²) in [4.78, 5) is 14.4. The molecule has 5 heteroatoms. The number of rotatable bonds is 4. The molecule has 0 amide bonds. The summed E-state index contributed by atoms with van der Waals surface area (Å²) < 4.78 is 5.70. The molecule has 0 aliphatic rings.